The van der Waals surface area contributed by atoms with Crippen molar-refractivity contribution in [2.75, 3.05) is 5.73 Å². The molecule has 7 nitrogen and oxygen atoms in total. The van der Waals surface area contributed by atoms with E-state index in [1.54, 1.807) is 18.2 Å². The number of hydrogen-bond acceptors (Lipinski definition) is 4. The molecule has 0 spiro atoms. The summed E-state index contributed by atoms with van der Waals surface area (Å²) in [7, 11) is 0. The molecule has 0 bridgehead atoms. The van der Waals surface area contributed by atoms with Crippen molar-refractivity contribution in [1.82, 2.24) is 20.4 Å². The molecule has 10 heteroatoms. The van der Waals surface area contributed by atoms with Crippen LogP contribution in [0.25, 0.3) is 5.69 Å². The molecular weight excluding hydrogens is 435 g/mol. The number of carbonyl (C=O) groups excluding carboxylic acids is 2. The van der Waals surface area contributed by atoms with Gasteiger partial charge in [0.15, 0.2) is 0 Å². The summed E-state index contributed by atoms with van der Waals surface area (Å²) in [5.74, 6) is -0.709. The molecular formula is C23H22F3N5O2. The Balaban J connectivity index is 1.51. The normalized spacial score (nSPS) is 13.6. The lowest BCUT2D eigenvalue weighted by Gasteiger charge is -2.12. The van der Waals surface area contributed by atoms with Crippen LogP contribution in [0, 0.1) is 6.92 Å². The summed E-state index contributed by atoms with van der Waals surface area (Å²) in [6.07, 6.45) is -1.24. The molecule has 0 unspecified atom stereocenters. The average molecular weight is 457 g/mol. The summed E-state index contributed by atoms with van der Waals surface area (Å²) in [6.45, 7) is 1.72. The van der Waals surface area contributed by atoms with Gasteiger partial charge in [-0.25, -0.2) is 4.68 Å². The quantitative estimate of drug-likeness (QED) is 0.526. The second kappa shape index (κ2) is 8.61. The smallest absolute Gasteiger partial charge is 0.383 e. The van der Waals surface area contributed by atoms with Gasteiger partial charge in [0.25, 0.3) is 11.8 Å². The van der Waals surface area contributed by atoms with Crippen LogP contribution in [-0.4, -0.2) is 27.6 Å². The molecule has 1 fully saturated rings. The van der Waals surface area contributed by atoms with Crippen molar-refractivity contribution >= 4 is 17.6 Å². The van der Waals surface area contributed by atoms with Gasteiger partial charge in [0.2, 0.25) is 0 Å². The maximum atomic E-state index is 12.9. The summed E-state index contributed by atoms with van der Waals surface area (Å²) in [5, 5.41) is 9.68. The number of rotatable bonds is 6. The van der Waals surface area contributed by atoms with E-state index in [0.717, 1.165) is 30.5 Å². The van der Waals surface area contributed by atoms with Crippen LogP contribution in [0.1, 0.15) is 50.2 Å². The molecule has 1 saturated carbocycles. The largest absolute Gasteiger partial charge is 0.416 e. The highest BCUT2D eigenvalue weighted by atomic mass is 19.4. The molecule has 0 atom stereocenters. The van der Waals surface area contributed by atoms with E-state index in [1.807, 2.05) is 6.92 Å². The highest BCUT2D eigenvalue weighted by molar-refractivity contribution is 5.99. The van der Waals surface area contributed by atoms with Crippen LogP contribution < -0.4 is 16.4 Å². The van der Waals surface area contributed by atoms with E-state index >= 15 is 0 Å². The number of aryl methyl sites for hydroxylation is 1. The third kappa shape index (κ3) is 5.00. The second-order valence-corrected chi connectivity index (χ2v) is 7.99. The summed E-state index contributed by atoms with van der Waals surface area (Å²) in [5.41, 5.74) is 7.55. The van der Waals surface area contributed by atoms with E-state index < -0.39 is 17.6 Å². The zero-order valence-corrected chi connectivity index (χ0v) is 17.7. The highest BCUT2D eigenvalue weighted by Crippen LogP contribution is 2.29. The zero-order chi connectivity index (χ0) is 23.8. The van der Waals surface area contributed by atoms with Gasteiger partial charge in [-0.3, -0.25) is 9.59 Å². The van der Waals surface area contributed by atoms with Crippen molar-refractivity contribution in [2.45, 2.75) is 38.5 Å². The Morgan fingerprint density at radius 2 is 1.91 bits per heavy atom. The third-order valence-electron chi connectivity index (χ3n) is 5.37. The minimum atomic E-state index is -4.46. The van der Waals surface area contributed by atoms with Gasteiger partial charge in [0.1, 0.15) is 11.4 Å². The van der Waals surface area contributed by atoms with E-state index in [2.05, 4.69) is 15.7 Å². The van der Waals surface area contributed by atoms with Crippen molar-refractivity contribution in [3.8, 4) is 5.69 Å². The number of nitrogens with one attached hydrogen (secondary N) is 2. The molecule has 0 saturated heterocycles. The molecule has 4 rings (SSSR count). The highest BCUT2D eigenvalue weighted by Gasteiger charge is 2.30. The first-order valence-electron chi connectivity index (χ1n) is 10.3. The van der Waals surface area contributed by atoms with Crippen molar-refractivity contribution < 1.29 is 22.8 Å². The fraction of sp³-hybridized carbons (Fsp3) is 0.261. The first-order chi connectivity index (χ1) is 15.6. The molecule has 1 aliphatic carbocycles. The number of hydrogen-bond donors (Lipinski definition) is 3. The number of carbonyl (C=O) groups is 2. The molecule has 1 aliphatic rings. The van der Waals surface area contributed by atoms with E-state index in [-0.39, 0.29) is 29.9 Å². The first kappa shape index (κ1) is 22.4. The average Bonchev–Trinajstić information content (AvgIpc) is 3.51. The molecule has 2 amide bonds. The molecule has 0 radical (unpaired) electrons. The predicted octanol–water partition coefficient (Wildman–Crippen LogP) is 3.60. The first-order valence-corrected chi connectivity index (χ1v) is 10.3. The van der Waals surface area contributed by atoms with Crippen LogP contribution in [0.4, 0.5) is 19.0 Å². The topological polar surface area (TPSA) is 102 Å². The van der Waals surface area contributed by atoms with Crippen LogP contribution in [0.3, 0.4) is 0 Å². The molecule has 172 valence electrons. The number of nitrogen functional groups attached to an aromatic ring is 1. The Morgan fingerprint density at radius 3 is 2.61 bits per heavy atom. The molecule has 0 aliphatic heterocycles. The monoisotopic (exact) mass is 457 g/mol. The fourth-order valence-electron chi connectivity index (χ4n) is 3.34. The number of nitrogens with two attached hydrogens (primary N) is 1. The zero-order valence-electron chi connectivity index (χ0n) is 17.7. The molecule has 4 N–H and O–H groups in total. The summed E-state index contributed by atoms with van der Waals surface area (Å²) in [4.78, 5) is 25.0. The number of amides is 2. The van der Waals surface area contributed by atoms with Gasteiger partial charge >= 0.3 is 6.18 Å². The number of benzene rings is 2. The maximum Gasteiger partial charge on any atom is 0.416 e. The van der Waals surface area contributed by atoms with E-state index in [4.69, 9.17) is 5.73 Å². The van der Waals surface area contributed by atoms with Crippen molar-refractivity contribution in [2.24, 2.45) is 0 Å². The molecule has 2 aromatic carbocycles. The van der Waals surface area contributed by atoms with E-state index in [1.165, 1.54) is 23.0 Å². The lowest BCUT2D eigenvalue weighted by Crippen LogP contribution is -2.25. The van der Waals surface area contributed by atoms with Gasteiger partial charge in [0.05, 0.1) is 17.4 Å². The molecule has 1 heterocycles. The van der Waals surface area contributed by atoms with Crippen LogP contribution >= 0.6 is 0 Å². The Hall–Kier alpha value is -3.82. The van der Waals surface area contributed by atoms with Gasteiger partial charge < -0.3 is 16.4 Å². The van der Waals surface area contributed by atoms with Gasteiger partial charge in [-0.2, -0.15) is 18.3 Å². The van der Waals surface area contributed by atoms with E-state index in [0.29, 0.717) is 16.8 Å². The van der Waals surface area contributed by atoms with Gasteiger partial charge in [-0.05, 0) is 55.2 Å². The predicted molar refractivity (Wildman–Crippen MR) is 116 cm³/mol. The Kier molecular flexibility index (Phi) is 5.84. The Morgan fingerprint density at radius 1 is 1.15 bits per heavy atom. The van der Waals surface area contributed by atoms with Crippen LogP contribution in [0.15, 0.2) is 48.7 Å². The third-order valence-corrected chi connectivity index (χ3v) is 5.37. The van der Waals surface area contributed by atoms with Crippen LogP contribution in [0.2, 0.25) is 0 Å². The molecule has 3 aromatic rings. The Bertz CT molecular complexity index is 1220. The van der Waals surface area contributed by atoms with Gasteiger partial charge in [-0.15, -0.1) is 0 Å². The molecule has 33 heavy (non-hydrogen) atoms. The minimum Gasteiger partial charge on any atom is -0.383 e. The summed E-state index contributed by atoms with van der Waals surface area (Å²) >= 11 is 0. The summed E-state index contributed by atoms with van der Waals surface area (Å²) in [6, 6.07) is 10.1. The van der Waals surface area contributed by atoms with Crippen molar-refractivity contribution in [1.29, 1.82) is 0 Å². The van der Waals surface area contributed by atoms with Crippen molar-refractivity contribution in [3.05, 3.63) is 76.5 Å². The number of aromatic nitrogens is 2. The maximum absolute atomic E-state index is 12.9. The lowest BCUT2D eigenvalue weighted by atomic mass is 10.1. The number of halogens is 3. The fourth-order valence-corrected chi connectivity index (χ4v) is 3.34. The Labute approximate surface area is 187 Å². The minimum absolute atomic E-state index is 0.0550. The van der Waals surface area contributed by atoms with Crippen LogP contribution in [0.5, 0.6) is 0 Å². The standard InChI is InChI=1S/C23H22F3N5O2/c1-13-5-6-15(21(32)30-17-7-8-17)10-19(13)31-20(27)18(12-29-31)22(33)28-11-14-3-2-4-16(9-14)23(24,25)26/h2-6,9-10,12,17H,7-8,11,27H2,1H3,(H,28,33)(H,30,32). The van der Waals surface area contributed by atoms with Crippen molar-refractivity contribution in [3.63, 3.8) is 0 Å². The summed E-state index contributed by atoms with van der Waals surface area (Å²) < 4.78 is 40.0. The lowest BCUT2D eigenvalue weighted by molar-refractivity contribution is -0.137. The van der Waals surface area contributed by atoms with Gasteiger partial charge in [-0.1, -0.05) is 18.2 Å². The molecule has 1 aromatic heterocycles. The second-order valence-electron chi connectivity index (χ2n) is 7.99. The number of anilines is 1. The van der Waals surface area contributed by atoms with E-state index in [9.17, 15) is 22.8 Å². The SMILES string of the molecule is Cc1ccc(C(=O)NC2CC2)cc1-n1ncc(C(=O)NCc2cccc(C(F)(F)F)c2)c1N. The number of nitrogens with zero attached hydrogens (tertiary/aromatic N) is 2. The number of alkyl halides is 3. The van der Waals surface area contributed by atoms with Crippen LogP contribution in [-0.2, 0) is 12.7 Å². The van der Waals surface area contributed by atoms with Gasteiger partial charge in [0, 0.05) is 18.2 Å².